The van der Waals surface area contributed by atoms with Gasteiger partial charge in [0.25, 0.3) is 6.47 Å². The first kappa shape index (κ1) is 10.4. The van der Waals surface area contributed by atoms with Crippen molar-refractivity contribution in [3.8, 4) is 0 Å². The molecule has 4 heteroatoms. The molecule has 74 valence electrons. The molecular weight excluding hydrogens is 190 g/mol. The van der Waals surface area contributed by atoms with Crippen LogP contribution in [0.2, 0.25) is 0 Å². The summed E-state index contributed by atoms with van der Waals surface area (Å²) >= 11 is 0. The normalized spacial score (nSPS) is 10.4. The van der Waals surface area contributed by atoms with Gasteiger partial charge in [-0.2, -0.15) is 0 Å². The van der Waals surface area contributed by atoms with E-state index in [4.69, 9.17) is 0 Å². The van der Waals surface area contributed by atoms with E-state index >= 15 is 0 Å². The molecule has 1 rings (SSSR count). The highest BCUT2D eigenvalue weighted by molar-refractivity contribution is 5.50. The third kappa shape index (κ3) is 2.97. The molecule has 0 spiro atoms. The summed E-state index contributed by atoms with van der Waals surface area (Å²) in [5.74, 6) is -1.27. The first-order valence-corrected chi connectivity index (χ1v) is 3.91. The van der Waals surface area contributed by atoms with E-state index < -0.39 is 11.6 Å². The summed E-state index contributed by atoms with van der Waals surface area (Å²) in [5.41, 5.74) is 0.251. The van der Waals surface area contributed by atoms with Crippen molar-refractivity contribution in [2.45, 2.75) is 0 Å². The number of halogens is 2. The maximum absolute atomic E-state index is 13.0. The van der Waals surface area contributed by atoms with Gasteiger partial charge in [0, 0.05) is 11.6 Å². The van der Waals surface area contributed by atoms with Crippen molar-refractivity contribution in [3.63, 3.8) is 0 Å². The summed E-state index contributed by atoms with van der Waals surface area (Å²) in [7, 11) is 0. The zero-order valence-corrected chi connectivity index (χ0v) is 7.24. The Hall–Kier alpha value is -1.71. The Morgan fingerprint density at radius 1 is 1.36 bits per heavy atom. The van der Waals surface area contributed by atoms with E-state index in [-0.39, 0.29) is 12.2 Å². The van der Waals surface area contributed by atoms with Crippen LogP contribution in [-0.2, 0) is 9.53 Å². The maximum atomic E-state index is 13.0. The van der Waals surface area contributed by atoms with Crippen molar-refractivity contribution in [2.75, 3.05) is 6.61 Å². The Balaban J connectivity index is 2.67. The molecule has 2 nitrogen and oxygen atoms in total. The largest absolute Gasteiger partial charge is 0.464 e. The zero-order chi connectivity index (χ0) is 10.4. The quantitative estimate of drug-likeness (QED) is 0.547. The first-order valence-electron chi connectivity index (χ1n) is 3.91. The monoisotopic (exact) mass is 198 g/mol. The summed E-state index contributed by atoms with van der Waals surface area (Å²) in [6.45, 7) is 0.367. The lowest BCUT2D eigenvalue weighted by atomic mass is 10.2. The second kappa shape index (κ2) is 5.11. The minimum Gasteiger partial charge on any atom is -0.464 e. The molecule has 0 aromatic heterocycles. The van der Waals surface area contributed by atoms with Gasteiger partial charge < -0.3 is 4.74 Å². The van der Waals surface area contributed by atoms with E-state index in [1.807, 2.05) is 0 Å². The van der Waals surface area contributed by atoms with E-state index in [2.05, 4.69) is 4.74 Å². The molecule has 14 heavy (non-hydrogen) atoms. The highest BCUT2D eigenvalue weighted by Crippen LogP contribution is 2.10. The Kier molecular flexibility index (Phi) is 3.79. The van der Waals surface area contributed by atoms with Crippen LogP contribution in [0.3, 0.4) is 0 Å². The molecule has 0 unspecified atom stereocenters. The summed E-state index contributed by atoms with van der Waals surface area (Å²) in [6, 6.07) is 3.26. The standard InChI is InChI=1S/C10H8F2O2/c11-9-4-3-8(10(12)6-9)2-1-5-14-7-13/h1-4,6-7H,5H2. The predicted molar refractivity (Wildman–Crippen MR) is 47.4 cm³/mol. The number of ether oxygens (including phenoxy) is 1. The molecule has 0 bridgehead atoms. The smallest absolute Gasteiger partial charge is 0.293 e. The van der Waals surface area contributed by atoms with Crippen molar-refractivity contribution in [1.29, 1.82) is 0 Å². The van der Waals surface area contributed by atoms with Gasteiger partial charge in [-0.1, -0.05) is 6.08 Å². The number of carbonyl (C=O) groups excluding carboxylic acids is 1. The third-order valence-electron chi connectivity index (χ3n) is 1.52. The SMILES string of the molecule is O=COCC=Cc1ccc(F)cc1F. The van der Waals surface area contributed by atoms with E-state index in [0.29, 0.717) is 6.47 Å². The van der Waals surface area contributed by atoms with Crippen molar-refractivity contribution < 1.29 is 18.3 Å². The van der Waals surface area contributed by atoms with Crippen LogP contribution in [0.15, 0.2) is 24.3 Å². The highest BCUT2D eigenvalue weighted by atomic mass is 19.1. The lowest BCUT2D eigenvalue weighted by molar-refractivity contribution is -0.127. The van der Waals surface area contributed by atoms with Crippen LogP contribution in [0.5, 0.6) is 0 Å². The van der Waals surface area contributed by atoms with E-state index in [9.17, 15) is 13.6 Å². The van der Waals surface area contributed by atoms with Crippen molar-refractivity contribution in [2.24, 2.45) is 0 Å². The van der Waals surface area contributed by atoms with Crippen LogP contribution < -0.4 is 0 Å². The molecular formula is C10H8F2O2. The number of benzene rings is 1. The number of hydrogen-bond acceptors (Lipinski definition) is 2. The van der Waals surface area contributed by atoms with E-state index in [1.54, 1.807) is 0 Å². The van der Waals surface area contributed by atoms with Gasteiger partial charge in [0.15, 0.2) is 0 Å². The molecule has 0 saturated heterocycles. The molecule has 0 fully saturated rings. The fourth-order valence-electron chi connectivity index (χ4n) is 0.907. The molecule has 0 heterocycles. The average Bonchev–Trinajstić information content (AvgIpc) is 2.15. The molecule has 0 radical (unpaired) electrons. The summed E-state index contributed by atoms with van der Waals surface area (Å²) in [4.78, 5) is 9.75. The van der Waals surface area contributed by atoms with Crippen LogP contribution in [0.25, 0.3) is 6.08 Å². The second-order valence-corrected chi connectivity index (χ2v) is 2.50. The van der Waals surface area contributed by atoms with Crippen LogP contribution in [0, 0.1) is 11.6 Å². The van der Waals surface area contributed by atoms with Crippen LogP contribution in [0.4, 0.5) is 8.78 Å². The maximum Gasteiger partial charge on any atom is 0.293 e. The fraction of sp³-hybridized carbons (Fsp3) is 0.100. The highest BCUT2D eigenvalue weighted by Gasteiger charge is 1.99. The minimum absolute atomic E-state index is 0.0698. The first-order chi connectivity index (χ1) is 6.74. The lowest BCUT2D eigenvalue weighted by Gasteiger charge is -1.96. The molecule has 0 atom stereocenters. The molecule has 1 aromatic carbocycles. The van der Waals surface area contributed by atoms with Gasteiger partial charge in [-0.3, -0.25) is 4.79 Å². The van der Waals surface area contributed by atoms with Crippen molar-refractivity contribution in [1.82, 2.24) is 0 Å². The molecule has 0 amide bonds. The summed E-state index contributed by atoms with van der Waals surface area (Å²) < 4.78 is 29.8. The number of hydrogen-bond donors (Lipinski definition) is 0. The predicted octanol–water partition coefficient (Wildman–Crippen LogP) is 2.15. The zero-order valence-electron chi connectivity index (χ0n) is 7.24. The third-order valence-corrected chi connectivity index (χ3v) is 1.52. The average molecular weight is 198 g/mol. The van der Waals surface area contributed by atoms with Gasteiger partial charge in [0.2, 0.25) is 0 Å². The summed E-state index contributed by atoms with van der Waals surface area (Å²) in [5, 5.41) is 0. The second-order valence-electron chi connectivity index (χ2n) is 2.50. The Morgan fingerprint density at radius 3 is 2.79 bits per heavy atom. The van der Waals surface area contributed by atoms with Gasteiger partial charge in [-0.15, -0.1) is 0 Å². The molecule has 0 aliphatic carbocycles. The van der Waals surface area contributed by atoms with Crippen LogP contribution in [0.1, 0.15) is 5.56 Å². The Labute approximate surface area is 79.8 Å². The fourth-order valence-corrected chi connectivity index (χ4v) is 0.907. The topological polar surface area (TPSA) is 26.3 Å². The van der Waals surface area contributed by atoms with Gasteiger partial charge >= 0.3 is 0 Å². The van der Waals surface area contributed by atoms with Gasteiger partial charge in [-0.05, 0) is 18.2 Å². The Morgan fingerprint density at radius 2 is 2.14 bits per heavy atom. The van der Waals surface area contributed by atoms with Gasteiger partial charge in [0.1, 0.15) is 18.2 Å². The van der Waals surface area contributed by atoms with E-state index in [1.165, 1.54) is 18.2 Å². The summed E-state index contributed by atoms with van der Waals surface area (Å²) in [6.07, 6.45) is 2.88. The molecule has 1 aromatic rings. The molecule has 0 aliphatic heterocycles. The number of carbonyl (C=O) groups is 1. The van der Waals surface area contributed by atoms with Gasteiger partial charge in [0.05, 0.1) is 0 Å². The lowest BCUT2D eigenvalue weighted by Crippen LogP contribution is -1.87. The molecule has 0 saturated carbocycles. The van der Waals surface area contributed by atoms with Crippen LogP contribution >= 0.6 is 0 Å². The van der Waals surface area contributed by atoms with Crippen molar-refractivity contribution in [3.05, 3.63) is 41.5 Å². The van der Waals surface area contributed by atoms with Crippen LogP contribution in [-0.4, -0.2) is 13.1 Å². The number of rotatable bonds is 4. The molecule has 0 N–H and O–H groups in total. The van der Waals surface area contributed by atoms with Gasteiger partial charge in [-0.25, -0.2) is 8.78 Å². The van der Waals surface area contributed by atoms with E-state index in [0.717, 1.165) is 12.1 Å². The Bertz CT molecular complexity index is 348. The minimum atomic E-state index is -0.646. The van der Waals surface area contributed by atoms with Crippen molar-refractivity contribution >= 4 is 12.5 Å². The molecule has 0 aliphatic rings.